The first kappa shape index (κ1) is 14.0. The van der Waals surface area contributed by atoms with Crippen molar-refractivity contribution in [2.24, 2.45) is 5.41 Å². The molecule has 1 saturated heterocycles. The number of halogens is 1. The minimum absolute atomic E-state index is 0.258. The van der Waals surface area contributed by atoms with Crippen molar-refractivity contribution in [3.63, 3.8) is 0 Å². The second-order valence-corrected chi connectivity index (χ2v) is 6.46. The number of nitrogens with one attached hydrogen (secondary N) is 1. The Balaban J connectivity index is 2.08. The molecule has 3 heteroatoms. The first-order chi connectivity index (χ1) is 8.61. The van der Waals surface area contributed by atoms with E-state index in [1.54, 1.807) is 0 Å². The molecule has 1 aromatic rings. The first-order valence-corrected chi connectivity index (χ1v) is 7.45. The van der Waals surface area contributed by atoms with E-state index in [0.717, 1.165) is 32.6 Å². The van der Waals surface area contributed by atoms with Gasteiger partial charge in [0.1, 0.15) is 0 Å². The maximum Gasteiger partial charge on any atom is 0.0538 e. The summed E-state index contributed by atoms with van der Waals surface area (Å²) in [6, 6.07) is 9.03. The van der Waals surface area contributed by atoms with Gasteiger partial charge >= 0.3 is 0 Å². The average molecular weight is 312 g/mol. The summed E-state index contributed by atoms with van der Waals surface area (Å²) in [5.74, 6) is 0. The summed E-state index contributed by atoms with van der Waals surface area (Å²) in [5, 5.41) is 3.57. The number of ether oxygens (including phenoxy) is 1. The van der Waals surface area contributed by atoms with Crippen LogP contribution in [0.4, 0.5) is 0 Å². The topological polar surface area (TPSA) is 21.3 Å². The van der Waals surface area contributed by atoms with Crippen LogP contribution >= 0.6 is 15.9 Å². The van der Waals surface area contributed by atoms with Crippen LogP contribution in [0.3, 0.4) is 0 Å². The Kier molecular flexibility index (Phi) is 4.82. The molecular formula is C15H22BrNO. The SMILES string of the molecule is CC(C)NCC1(Cc2ccccc2Br)CCOC1. The van der Waals surface area contributed by atoms with Crippen LogP contribution in [0.5, 0.6) is 0 Å². The highest BCUT2D eigenvalue weighted by atomic mass is 79.9. The summed E-state index contributed by atoms with van der Waals surface area (Å²) in [7, 11) is 0. The lowest BCUT2D eigenvalue weighted by atomic mass is 9.80. The molecule has 1 atom stereocenters. The summed E-state index contributed by atoms with van der Waals surface area (Å²) >= 11 is 3.65. The largest absolute Gasteiger partial charge is 0.381 e. The second-order valence-electron chi connectivity index (χ2n) is 5.61. The second kappa shape index (κ2) is 6.18. The van der Waals surface area contributed by atoms with Crippen LogP contribution in [0, 0.1) is 5.41 Å². The molecule has 0 radical (unpaired) electrons. The van der Waals surface area contributed by atoms with Gasteiger partial charge in [0.05, 0.1) is 6.61 Å². The highest BCUT2D eigenvalue weighted by molar-refractivity contribution is 9.10. The van der Waals surface area contributed by atoms with Crippen molar-refractivity contribution < 1.29 is 4.74 Å². The van der Waals surface area contributed by atoms with E-state index in [2.05, 4.69) is 59.4 Å². The number of benzene rings is 1. The Morgan fingerprint density at radius 2 is 2.17 bits per heavy atom. The molecule has 0 amide bonds. The van der Waals surface area contributed by atoms with E-state index in [1.165, 1.54) is 10.0 Å². The van der Waals surface area contributed by atoms with Gasteiger partial charge in [0.2, 0.25) is 0 Å². The summed E-state index contributed by atoms with van der Waals surface area (Å²) in [6.45, 7) is 7.19. The summed E-state index contributed by atoms with van der Waals surface area (Å²) in [5.41, 5.74) is 1.64. The van der Waals surface area contributed by atoms with Crippen molar-refractivity contribution in [3.05, 3.63) is 34.3 Å². The van der Waals surface area contributed by atoms with Crippen LogP contribution in [0.1, 0.15) is 25.8 Å². The lowest BCUT2D eigenvalue weighted by molar-refractivity contribution is 0.148. The molecule has 0 spiro atoms. The lowest BCUT2D eigenvalue weighted by Gasteiger charge is -2.29. The van der Waals surface area contributed by atoms with Gasteiger partial charge in [-0.1, -0.05) is 48.0 Å². The van der Waals surface area contributed by atoms with Gasteiger partial charge in [-0.3, -0.25) is 0 Å². The predicted octanol–water partition coefficient (Wildman–Crippen LogP) is 3.40. The fraction of sp³-hybridized carbons (Fsp3) is 0.600. The molecule has 1 N–H and O–H groups in total. The van der Waals surface area contributed by atoms with E-state index < -0.39 is 0 Å². The molecule has 2 rings (SSSR count). The van der Waals surface area contributed by atoms with Gasteiger partial charge in [-0.05, 0) is 24.5 Å². The Morgan fingerprint density at radius 3 is 2.78 bits per heavy atom. The number of hydrogen-bond donors (Lipinski definition) is 1. The third-order valence-corrected chi connectivity index (χ3v) is 4.37. The predicted molar refractivity (Wildman–Crippen MR) is 78.9 cm³/mol. The smallest absolute Gasteiger partial charge is 0.0538 e. The molecule has 0 saturated carbocycles. The van der Waals surface area contributed by atoms with Gasteiger partial charge < -0.3 is 10.1 Å². The van der Waals surface area contributed by atoms with Crippen molar-refractivity contribution in [1.82, 2.24) is 5.32 Å². The normalized spacial score (nSPS) is 23.8. The molecule has 0 bridgehead atoms. The van der Waals surface area contributed by atoms with E-state index in [1.807, 2.05) is 0 Å². The maximum absolute atomic E-state index is 5.65. The molecular weight excluding hydrogens is 290 g/mol. The Morgan fingerprint density at radius 1 is 1.39 bits per heavy atom. The molecule has 1 aliphatic rings. The number of hydrogen-bond acceptors (Lipinski definition) is 2. The van der Waals surface area contributed by atoms with Gasteiger partial charge in [-0.25, -0.2) is 0 Å². The third kappa shape index (κ3) is 3.56. The Bertz CT molecular complexity index is 386. The van der Waals surface area contributed by atoms with Gasteiger partial charge in [-0.15, -0.1) is 0 Å². The molecule has 1 heterocycles. The standard InChI is InChI=1S/C15H22BrNO/c1-12(2)17-10-15(7-8-18-11-15)9-13-5-3-4-6-14(13)16/h3-6,12,17H,7-11H2,1-2H3. The molecule has 1 aliphatic heterocycles. The zero-order valence-electron chi connectivity index (χ0n) is 11.2. The van der Waals surface area contributed by atoms with E-state index >= 15 is 0 Å². The summed E-state index contributed by atoms with van der Waals surface area (Å²) in [6.07, 6.45) is 2.22. The molecule has 0 aliphatic carbocycles. The molecule has 1 aromatic carbocycles. The maximum atomic E-state index is 5.65. The lowest BCUT2D eigenvalue weighted by Crippen LogP contribution is -2.39. The minimum atomic E-state index is 0.258. The van der Waals surface area contributed by atoms with Gasteiger partial charge in [0, 0.05) is 29.1 Å². The Labute approximate surface area is 118 Å². The quantitative estimate of drug-likeness (QED) is 0.900. The van der Waals surface area contributed by atoms with Crippen molar-refractivity contribution in [2.45, 2.75) is 32.7 Å². The van der Waals surface area contributed by atoms with E-state index in [0.29, 0.717) is 6.04 Å². The van der Waals surface area contributed by atoms with Crippen molar-refractivity contribution in [3.8, 4) is 0 Å². The Hall–Kier alpha value is -0.380. The fourth-order valence-corrected chi connectivity index (χ4v) is 2.88. The van der Waals surface area contributed by atoms with Gasteiger partial charge in [-0.2, -0.15) is 0 Å². The van der Waals surface area contributed by atoms with Gasteiger partial charge in [0.15, 0.2) is 0 Å². The number of rotatable bonds is 5. The van der Waals surface area contributed by atoms with E-state index in [9.17, 15) is 0 Å². The van der Waals surface area contributed by atoms with Crippen LogP contribution < -0.4 is 5.32 Å². The van der Waals surface area contributed by atoms with E-state index in [-0.39, 0.29) is 5.41 Å². The van der Waals surface area contributed by atoms with Crippen molar-refractivity contribution in [2.75, 3.05) is 19.8 Å². The molecule has 0 aromatic heterocycles. The van der Waals surface area contributed by atoms with Gasteiger partial charge in [0.25, 0.3) is 0 Å². The third-order valence-electron chi connectivity index (χ3n) is 3.59. The highest BCUT2D eigenvalue weighted by Crippen LogP contribution is 2.34. The van der Waals surface area contributed by atoms with Crippen LogP contribution in [-0.2, 0) is 11.2 Å². The van der Waals surface area contributed by atoms with Crippen molar-refractivity contribution in [1.29, 1.82) is 0 Å². The van der Waals surface area contributed by atoms with Crippen LogP contribution in [0.25, 0.3) is 0 Å². The zero-order valence-corrected chi connectivity index (χ0v) is 12.8. The molecule has 2 nitrogen and oxygen atoms in total. The van der Waals surface area contributed by atoms with Crippen molar-refractivity contribution >= 4 is 15.9 Å². The summed E-state index contributed by atoms with van der Waals surface area (Å²) < 4.78 is 6.86. The average Bonchev–Trinajstić information content (AvgIpc) is 2.79. The van der Waals surface area contributed by atoms with E-state index in [4.69, 9.17) is 4.74 Å². The molecule has 18 heavy (non-hydrogen) atoms. The molecule has 100 valence electrons. The first-order valence-electron chi connectivity index (χ1n) is 6.66. The highest BCUT2D eigenvalue weighted by Gasteiger charge is 2.35. The monoisotopic (exact) mass is 311 g/mol. The summed E-state index contributed by atoms with van der Waals surface area (Å²) in [4.78, 5) is 0. The molecule has 1 fully saturated rings. The fourth-order valence-electron chi connectivity index (χ4n) is 2.46. The van der Waals surface area contributed by atoms with Crippen LogP contribution in [0.2, 0.25) is 0 Å². The minimum Gasteiger partial charge on any atom is -0.381 e. The van der Waals surface area contributed by atoms with Crippen LogP contribution in [0.15, 0.2) is 28.7 Å². The zero-order chi connectivity index (χ0) is 13.0. The van der Waals surface area contributed by atoms with Crippen LogP contribution in [-0.4, -0.2) is 25.8 Å². The molecule has 1 unspecified atom stereocenters.